The SMILES string of the molecule is CCOC(=O)C1=NN(C(C)=O)[C@H]2C(=O)N(c3ccc(F)cc3)C(=O)[C@H]12. The molecule has 0 bridgehead atoms. The number of hydrogen-bond acceptors (Lipinski definition) is 6. The second-order valence-electron chi connectivity index (χ2n) is 5.48. The topological polar surface area (TPSA) is 96.3 Å². The van der Waals surface area contributed by atoms with Crippen molar-refractivity contribution in [1.29, 1.82) is 0 Å². The number of benzene rings is 1. The van der Waals surface area contributed by atoms with E-state index >= 15 is 0 Å². The number of nitrogens with zero attached hydrogens (tertiary/aromatic N) is 3. The first-order valence-corrected chi connectivity index (χ1v) is 7.55. The summed E-state index contributed by atoms with van der Waals surface area (Å²) in [7, 11) is 0. The normalized spacial score (nSPS) is 22.1. The molecule has 0 aliphatic carbocycles. The number of hydrazone groups is 1. The lowest BCUT2D eigenvalue weighted by atomic mass is 9.98. The highest BCUT2D eigenvalue weighted by Crippen LogP contribution is 2.35. The van der Waals surface area contributed by atoms with Crippen molar-refractivity contribution in [3.05, 3.63) is 30.1 Å². The molecule has 9 heteroatoms. The van der Waals surface area contributed by atoms with E-state index in [1.807, 2.05) is 0 Å². The van der Waals surface area contributed by atoms with Crippen LogP contribution in [0.3, 0.4) is 0 Å². The Labute approximate surface area is 141 Å². The largest absolute Gasteiger partial charge is 0.461 e. The van der Waals surface area contributed by atoms with E-state index in [2.05, 4.69) is 5.10 Å². The number of amides is 3. The molecule has 0 N–H and O–H groups in total. The Morgan fingerprint density at radius 2 is 1.84 bits per heavy atom. The van der Waals surface area contributed by atoms with Gasteiger partial charge in [0.05, 0.1) is 12.3 Å². The first-order valence-electron chi connectivity index (χ1n) is 7.55. The lowest BCUT2D eigenvalue weighted by molar-refractivity contribution is -0.136. The summed E-state index contributed by atoms with van der Waals surface area (Å²) < 4.78 is 18.0. The molecule has 1 saturated heterocycles. The van der Waals surface area contributed by atoms with Crippen LogP contribution in [0.25, 0.3) is 0 Å². The van der Waals surface area contributed by atoms with Crippen molar-refractivity contribution in [2.75, 3.05) is 11.5 Å². The summed E-state index contributed by atoms with van der Waals surface area (Å²) in [4.78, 5) is 50.2. The number of esters is 1. The van der Waals surface area contributed by atoms with Gasteiger partial charge in [0.15, 0.2) is 11.8 Å². The number of rotatable bonds is 3. The molecule has 3 rings (SSSR count). The lowest BCUT2D eigenvalue weighted by Crippen LogP contribution is -2.41. The highest BCUT2D eigenvalue weighted by molar-refractivity contribution is 6.47. The van der Waals surface area contributed by atoms with Gasteiger partial charge in [-0.2, -0.15) is 5.10 Å². The molecule has 0 unspecified atom stereocenters. The van der Waals surface area contributed by atoms with Crippen molar-refractivity contribution < 1.29 is 28.3 Å². The molecular weight excluding hydrogens is 333 g/mol. The Morgan fingerprint density at radius 1 is 1.20 bits per heavy atom. The van der Waals surface area contributed by atoms with Crippen LogP contribution in [0.15, 0.2) is 29.4 Å². The molecule has 1 fully saturated rings. The first-order chi connectivity index (χ1) is 11.9. The fourth-order valence-electron chi connectivity index (χ4n) is 2.89. The quantitative estimate of drug-likeness (QED) is 0.585. The molecule has 0 radical (unpaired) electrons. The van der Waals surface area contributed by atoms with Crippen molar-refractivity contribution in [3.63, 3.8) is 0 Å². The zero-order valence-corrected chi connectivity index (χ0v) is 13.4. The molecule has 0 saturated carbocycles. The molecule has 2 atom stereocenters. The van der Waals surface area contributed by atoms with Gasteiger partial charge in [-0.1, -0.05) is 0 Å². The van der Waals surface area contributed by atoms with Gasteiger partial charge in [-0.05, 0) is 31.2 Å². The average Bonchev–Trinajstić information content (AvgIpc) is 3.07. The van der Waals surface area contributed by atoms with E-state index in [1.165, 1.54) is 19.1 Å². The fourth-order valence-corrected chi connectivity index (χ4v) is 2.89. The van der Waals surface area contributed by atoms with E-state index in [-0.39, 0.29) is 18.0 Å². The van der Waals surface area contributed by atoms with Crippen LogP contribution >= 0.6 is 0 Å². The maximum absolute atomic E-state index is 13.1. The van der Waals surface area contributed by atoms with Gasteiger partial charge in [0.1, 0.15) is 11.7 Å². The molecule has 2 aliphatic heterocycles. The predicted molar refractivity (Wildman–Crippen MR) is 82.8 cm³/mol. The highest BCUT2D eigenvalue weighted by atomic mass is 19.1. The van der Waals surface area contributed by atoms with Crippen molar-refractivity contribution >= 4 is 35.1 Å². The van der Waals surface area contributed by atoms with E-state index in [0.717, 1.165) is 22.0 Å². The molecule has 2 heterocycles. The van der Waals surface area contributed by atoms with Crippen molar-refractivity contribution in [2.45, 2.75) is 19.9 Å². The number of carbonyl (C=O) groups excluding carboxylic acids is 4. The highest BCUT2D eigenvalue weighted by Gasteiger charge is 2.59. The molecule has 130 valence electrons. The minimum atomic E-state index is -1.24. The fraction of sp³-hybridized carbons (Fsp3) is 0.312. The van der Waals surface area contributed by atoms with Gasteiger partial charge in [-0.15, -0.1) is 0 Å². The number of hydrogen-bond donors (Lipinski definition) is 0. The van der Waals surface area contributed by atoms with E-state index < -0.39 is 41.5 Å². The zero-order chi connectivity index (χ0) is 18.3. The molecule has 1 aromatic carbocycles. The van der Waals surface area contributed by atoms with Crippen LogP contribution in [0, 0.1) is 11.7 Å². The van der Waals surface area contributed by atoms with Gasteiger partial charge in [0, 0.05) is 6.92 Å². The second kappa shape index (κ2) is 6.08. The van der Waals surface area contributed by atoms with Gasteiger partial charge < -0.3 is 4.74 Å². The van der Waals surface area contributed by atoms with Crippen LogP contribution in [0.4, 0.5) is 10.1 Å². The minimum Gasteiger partial charge on any atom is -0.461 e. The summed E-state index contributed by atoms with van der Waals surface area (Å²) in [5.74, 6) is -4.63. The average molecular weight is 347 g/mol. The third kappa shape index (κ3) is 2.57. The number of carbonyl (C=O) groups is 4. The monoisotopic (exact) mass is 347 g/mol. The van der Waals surface area contributed by atoms with Crippen molar-refractivity contribution in [3.8, 4) is 0 Å². The Kier molecular flexibility index (Phi) is 4.07. The summed E-state index contributed by atoms with van der Waals surface area (Å²) in [5.41, 5.74) is -0.137. The van der Waals surface area contributed by atoms with Crippen LogP contribution in [0.1, 0.15) is 13.8 Å². The van der Waals surface area contributed by atoms with Crippen LogP contribution < -0.4 is 4.90 Å². The maximum atomic E-state index is 13.1. The summed E-state index contributed by atoms with van der Waals surface area (Å²) in [6, 6.07) is 3.51. The molecule has 25 heavy (non-hydrogen) atoms. The van der Waals surface area contributed by atoms with E-state index in [9.17, 15) is 23.6 Å². The Bertz CT molecular complexity index is 804. The summed E-state index contributed by atoms with van der Waals surface area (Å²) >= 11 is 0. The summed E-state index contributed by atoms with van der Waals surface area (Å²) in [5, 5.41) is 4.65. The number of halogens is 1. The maximum Gasteiger partial charge on any atom is 0.355 e. The molecule has 0 aromatic heterocycles. The summed E-state index contributed by atoms with van der Waals surface area (Å²) in [6.07, 6.45) is 0. The van der Waals surface area contributed by atoms with Gasteiger partial charge in [0.25, 0.3) is 5.91 Å². The van der Waals surface area contributed by atoms with E-state index in [1.54, 1.807) is 6.92 Å². The van der Waals surface area contributed by atoms with Gasteiger partial charge >= 0.3 is 5.97 Å². The number of imide groups is 1. The molecule has 1 aromatic rings. The lowest BCUT2D eigenvalue weighted by Gasteiger charge is -2.19. The second-order valence-corrected chi connectivity index (χ2v) is 5.48. The molecule has 3 amide bonds. The van der Waals surface area contributed by atoms with Gasteiger partial charge in [-0.25, -0.2) is 19.1 Å². The predicted octanol–water partition coefficient (Wildman–Crippen LogP) is 0.465. The first kappa shape index (κ1) is 16.7. The van der Waals surface area contributed by atoms with Crippen LogP contribution in [-0.2, 0) is 23.9 Å². The van der Waals surface area contributed by atoms with E-state index in [4.69, 9.17) is 4.74 Å². The number of fused-ring (bicyclic) bond motifs is 1. The molecule has 0 spiro atoms. The molecular formula is C16H14FN3O5. The van der Waals surface area contributed by atoms with Gasteiger partial charge in [-0.3, -0.25) is 14.4 Å². The van der Waals surface area contributed by atoms with Crippen LogP contribution in [0.5, 0.6) is 0 Å². The van der Waals surface area contributed by atoms with Crippen LogP contribution in [0.2, 0.25) is 0 Å². The minimum absolute atomic E-state index is 0.0547. The molecule has 2 aliphatic rings. The van der Waals surface area contributed by atoms with Crippen LogP contribution in [-0.4, -0.2) is 47.1 Å². The smallest absolute Gasteiger partial charge is 0.355 e. The van der Waals surface area contributed by atoms with E-state index in [0.29, 0.717) is 0 Å². The molecule has 8 nitrogen and oxygen atoms in total. The van der Waals surface area contributed by atoms with Gasteiger partial charge in [0.2, 0.25) is 11.8 Å². The number of ether oxygens (including phenoxy) is 1. The third-order valence-corrected chi connectivity index (χ3v) is 3.94. The Morgan fingerprint density at radius 3 is 2.40 bits per heavy atom. The van der Waals surface area contributed by atoms with Crippen molar-refractivity contribution in [1.82, 2.24) is 5.01 Å². The standard InChI is InChI=1S/C16H14FN3O5/c1-3-25-16(24)12-11-13(20(18-12)8(2)21)15(23)19(14(11)22)10-6-4-9(17)5-7-10/h4-7,11,13H,3H2,1-2H3/t11-,13-/m1/s1. The Hall–Kier alpha value is -3.10. The number of anilines is 1. The summed E-state index contributed by atoms with van der Waals surface area (Å²) in [6.45, 7) is 2.81. The third-order valence-electron chi connectivity index (χ3n) is 3.94. The Balaban J connectivity index is 2.03. The van der Waals surface area contributed by atoms with Crippen molar-refractivity contribution in [2.24, 2.45) is 11.0 Å². The zero-order valence-electron chi connectivity index (χ0n) is 13.4.